The number of nitrogens with one attached hydrogen (secondary N) is 1. The molecule has 0 aliphatic heterocycles. The van der Waals surface area contributed by atoms with Crippen molar-refractivity contribution < 1.29 is 4.74 Å². The van der Waals surface area contributed by atoms with Gasteiger partial charge in [-0.05, 0) is 19.3 Å². The van der Waals surface area contributed by atoms with E-state index >= 15 is 0 Å². The van der Waals surface area contributed by atoms with Crippen molar-refractivity contribution in [2.45, 2.75) is 31.7 Å². The SMILES string of the molecule is COCCCC(CCc1nccn1C)NN. The van der Waals surface area contributed by atoms with Crippen molar-refractivity contribution in [1.29, 1.82) is 0 Å². The van der Waals surface area contributed by atoms with Crippen LogP contribution in [0.1, 0.15) is 25.1 Å². The molecule has 1 rings (SSSR count). The van der Waals surface area contributed by atoms with Crippen molar-refractivity contribution in [2.75, 3.05) is 13.7 Å². The van der Waals surface area contributed by atoms with Gasteiger partial charge in [0.25, 0.3) is 0 Å². The third-order valence-electron chi connectivity index (χ3n) is 2.77. The fourth-order valence-corrected chi connectivity index (χ4v) is 1.73. The molecule has 0 saturated carbocycles. The smallest absolute Gasteiger partial charge is 0.108 e. The van der Waals surface area contributed by atoms with Crippen LogP contribution in [0.4, 0.5) is 0 Å². The standard InChI is InChI=1S/C11H22N4O/c1-15-8-7-13-11(15)6-5-10(14-12)4-3-9-16-2/h7-8,10,14H,3-6,9,12H2,1-2H3. The van der Waals surface area contributed by atoms with Gasteiger partial charge in [0, 0.05) is 45.6 Å². The van der Waals surface area contributed by atoms with Gasteiger partial charge in [-0.25, -0.2) is 4.98 Å². The van der Waals surface area contributed by atoms with E-state index in [1.54, 1.807) is 7.11 Å². The topological polar surface area (TPSA) is 65.1 Å². The molecule has 0 bridgehead atoms. The molecule has 0 aliphatic carbocycles. The highest BCUT2D eigenvalue weighted by atomic mass is 16.5. The third-order valence-corrected chi connectivity index (χ3v) is 2.77. The Hall–Kier alpha value is -0.910. The summed E-state index contributed by atoms with van der Waals surface area (Å²) in [5, 5.41) is 0. The minimum absolute atomic E-state index is 0.340. The number of hydrogen-bond acceptors (Lipinski definition) is 4. The van der Waals surface area contributed by atoms with Gasteiger partial charge in [0.2, 0.25) is 0 Å². The van der Waals surface area contributed by atoms with Crippen LogP contribution >= 0.6 is 0 Å². The zero-order chi connectivity index (χ0) is 11.8. The first-order valence-electron chi connectivity index (χ1n) is 5.69. The van der Waals surface area contributed by atoms with Gasteiger partial charge in [-0.1, -0.05) is 0 Å². The monoisotopic (exact) mass is 226 g/mol. The lowest BCUT2D eigenvalue weighted by Gasteiger charge is -2.15. The van der Waals surface area contributed by atoms with E-state index in [1.165, 1.54) is 0 Å². The molecular formula is C11H22N4O. The fraction of sp³-hybridized carbons (Fsp3) is 0.727. The van der Waals surface area contributed by atoms with Crippen molar-refractivity contribution in [2.24, 2.45) is 12.9 Å². The van der Waals surface area contributed by atoms with E-state index in [0.717, 1.165) is 38.1 Å². The molecular weight excluding hydrogens is 204 g/mol. The number of nitrogens with zero attached hydrogens (tertiary/aromatic N) is 2. The first-order valence-corrected chi connectivity index (χ1v) is 5.69. The summed E-state index contributed by atoms with van der Waals surface area (Å²) in [5.41, 5.74) is 2.85. The number of hydrogen-bond donors (Lipinski definition) is 2. The van der Waals surface area contributed by atoms with Crippen LogP contribution in [0.15, 0.2) is 12.4 Å². The average molecular weight is 226 g/mol. The third kappa shape index (κ3) is 4.30. The second-order valence-corrected chi connectivity index (χ2v) is 3.99. The predicted octanol–water partition coefficient (Wildman–Crippen LogP) is 0.611. The molecule has 0 saturated heterocycles. The molecule has 0 aromatic carbocycles. The minimum Gasteiger partial charge on any atom is -0.385 e. The summed E-state index contributed by atoms with van der Waals surface area (Å²) in [6.45, 7) is 0.792. The van der Waals surface area contributed by atoms with Gasteiger partial charge in [0.15, 0.2) is 0 Å². The summed E-state index contributed by atoms with van der Waals surface area (Å²) < 4.78 is 7.07. The Bertz CT molecular complexity index is 287. The molecule has 1 atom stereocenters. The Kier molecular flexibility index (Phi) is 6.07. The van der Waals surface area contributed by atoms with Crippen LogP contribution in [0.3, 0.4) is 0 Å². The molecule has 0 fully saturated rings. The second-order valence-electron chi connectivity index (χ2n) is 3.99. The summed E-state index contributed by atoms with van der Waals surface area (Å²) in [4.78, 5) is 4.29. The zero-order valence-corrected chi connectivity index (χ0v) is 10.1. The number of imidazole rings is 1. The van der Waals surface area contributed by atoms with Crippen molar-refractivity contribution in [3.05, 3.63) is 18.2 Å². The molecule has 1 aromatic rings. The van der Waals surface area contributed by atoms with Gasteiger partial charge in [0.05, 0.1) is 0 Å². The van der Waals surface area contributed by atoms with E-state index < -0.39 is 0 Å². The van der Waals surface area contributed by atoms with Gasteiger partial charge in [-0.2, -0.15) is 0 Å². The van der Waals surface area contributed by atoms with Crippen LogP contribution < -0.4 is 11.3 Å². The summed E-state index contributed by atoms with van der Waals surface area (Å²) in [6, 6.07) is 0.340. The maximum absolute atomic E-state index is 5.51. The number of aryl methyl sites for hydroxylation is 2. The summed E-state index contributed by atoms with van der Waals surface area (Å²) in [7, 11) is 3.73. The van der Waals surface area contributed by atoms with Gasteiger partial charge in [0.1, 0.15) is 5.82 Å². The Morgan fingerprint density at radius 2 is 2.38 bits per heavy atom. The highest BCUT2D eigenvalue weighted by Gasteiger charge is 2.08. The van der Waals surface area contributed by atoms with Crippen molar-refractivity contribution in [1.82, 2.24) is 15.0 Å². The molecule has 0 radical (unpaired) electrons. The van der Waals surface area contributed by atoms with Gasteiger partial charge < -0.3 is 9.30 Å². The molecule has 1 heterocycles. The van der Waals surface area contributed by atoms with Gasteiger partial charge >= 0.3 is 0 Å². The van der Waals surface area contributed by atoms with Crippen LogP contribution in [0.25, 0.3) is 0 Å². The number of methoxy groups -OCH3 is 1. The molecule has 0 aliphatic rings. The Morgan fingerprint density at radius 3 is 2.94 bits per heavy atom. The van der Waals surface area contributed by atoms with E-state index in [9.17, 15) is 0 Å². The van der Waals surface area contributed by atoms with Crippen molar-refractivity contribution in [3.8, 4) is 0 Å². The quantitative estimate of drug-likeness (QED) is 0.387. The Balaban J connectivity index is 2.26. The molecule has 1 unspecified atom stereocenters. The van der Waals surface area contributed by atoms with E-state index in [-0.39, 0.29) is 0 Å². The lowest BCUT2D eigenvalue weighted by Crippen LogP contribution is -2.35. The lowest BCUT2D eigenvalue weighted by molar-refractivity contribution is 0.188. The number of ether oxygens (including phenoxy) is 1. The molecule has 5 heteroatoms. The van der Waals surface area contributed by atoms with E-state index in [0.29, 0.717) is 6.04 Å². The van der Waals surface area contributed by atoms with Crippen LogP contribution in [-0.4, -0.2) is 29.3 Å². The van der Waals surface area contributed by atoms with E-state index in [4.69, 9.17) is 10.6 Å². The highest BCUT2D eigenvalue weighted by molar-refractivity contribution is 4.91. The zero-order valence-electron chi connectivity index (χ0n) is 10.1. The first-order chi connectivity index (χ1) is 7.77. The molecule has 0 amide bonds. The molecule has 92 valence electrons. The maximum atomic E-state index is 5.51. The normalized spacial score (nSPS) is 12.9. The summed E-state index contributed by atoms with van der Waals surface area (Å²) in [6.07, 6.45) is 7.81. The average Bonchev–Trinajstić information content (AvgIpc) is 2.69. The Morgan fingerprint density at radius 1 is 1.56 bits per heavy atom. The van der Waals surface area contributed by atoms with E-state index in [2.05, 4.69) is 10.4 Å². The fourth-order valence-electron chi connectivity index (χ4n) is 1.73. The predicted molar refractivity (Wildman–Crippen MR) is 63.8 cm³/mol. The summed E-state index contributed by atoms with van der Waals surface area (Å²) >= 11 is 0. The molecule has 16 heavy (non-hydrogen) atoms. The highest BCUT2D eigenvalue weighted by Crippen LogP contribution is 2.06. The van der Waals surface area contributed by atoms with Gasteiger partial charge in [-0.3, -0.25) is 11.3 Å². The molecule has 0 spiro atoms. The number of nitrogens with two attached hydrogens (primary N) is 1. The van der Waals surface area contributed by atoms with E-state index in [1.807, 2.05) is 24.0 Å². The number of hydrazine groups is 1. The molecule has 3 N–H and O–H groups in total. The van der Waals surface area contributed by atoms with Crippen LogP contribution in [0.5, 0.6) is 0 Å². The second kappa shape index (κ2) is 7.38. The lowest BCUT2D eigenvalue weighted by atomic mass is 10.1. The largest absolute Gasteiger partial charge is 0.385 e. The van der Waals surface area contributed by atoms with Crippen LogP contribution in [-0.2, 0) is 18.2 Å². The van der Waals surface area contributed by atoms with Crippen LogP contribution in [0, 0.1) is 0 Å². The first kappa shape index (κ1) is 13.2. The van der Waals surface area contributed by atoms with Gasteiger partial charge in [-0.15, -0.1) is 0 Å². The molecule has 5 nitrogen and oxygen atoms in total. The maximum Gasteiger partial charge on any atom is 0.108 e. The van der Waals surface area contributed by atoms with Crippen molar-refractivity contribution >= 4 is 0 Å². The van der Waals surface area contributed by atoms with Crippen molar-refractivity contribution in [3.63, 3.8) is 0 Å². The number of rotatable bonds is 8. The minimum atomic E-state index is 0.340. The molecule has 1 aromatic heterocycles. The van der Waals surface area contributed by atoms with Crippen LogP contribution in [0.2, 0.25) is 0 Å². The summed E-state index contributed by atoms with van der Waals surface area (Å²) in [5.74, 6) is 6.62. The number of aromatic nitrogens is 2. The Labute approximate surface area is 97.0 Å².